The number of fused-ring (bicyclic) bond motifs is 1. The van der Waals surface area contributed by atoms with E-state index in [0.717, 1.165) is 5.56 Å². The summed E-state index contributed by atoms with van der Waals surface area (Å²) in [5, 5.41) is 12.4. The number of aliphatic hydroxyl groups is 1. The van der Waals surface area contributed by atoms with Crippen LogP contribution in [0, 0.1) is 0 Å². The molecule has 18 heavy (non-hydrogen) atoms. The van der Waals surface area contributed by atoms with Crippen molar-refractivity contribution in [3.63, 3.8) is 0 Å². The van der Waals surface area contributed by atoms with Crippen molar-refractivity contribution < 1.29 is 14.7 Å². The second-order valence-corrected chi connectivity index (χ2v) is 4.45. The smallest absolute Gasteiger partial charge is 0.244 e. The first kappa shape index (κ1) is 11.2. The van der Waals surface area contributed by atoms with Gasteiger partial charge in [-0.3, -0.25) is 19.8 Å². The lowest BCUT2D eigenvalue weighted by Gasteiger charge is -2.31. The fourth-order valence-corrected chi connectivity index (χ4v) is 2.44. The number of nitrogens with zero attached hydrogens (tertiary/aromatic N) is 3. The lowest BCUT2D eigenvalue weighted by molar-refractivity contribution is -0.141. The molecular weight excluding hydrogens is 236 g/mol. The number of aromatic nitrogens is 2. The lowest BCUT2D eigenvalue weighted by atomic mass is 10.0. The van der Waals surface area contributed by atoms with Crippen molar-refractivity contribution in [2.24, 2.45) is 0 Å². The molecule has 2 atom stereocenters. The molecule has 0 radical (unpaired) electrons. The third-order valence-corrected chi connectivity index (χ3v) is 3.34. The molecule has 0 bridgehead atoms. The van der Waals surface area contributed by atoms with Crippen molar-refractivity contribution in [3.05, 3.63) is 23.8 Å². The highest BCUT2D eigenvalue weighted by molar-refractivity contribution is 6.00. The summed E-state index contributed by atoms with van der Waals surface area (Å²) in [6, 6.07) is -0.494. The summed E-state index contributed by atoms with van der Waals surface area (Å²) >= 11 is 0. The van der Waals surface area contributed by atoms with E-state index in [1.165, 1.54) is 6.33 Å². The maximum atomic E-state index is 11.8. The number of piperidine rings is 1. The number of amides is 2. The van der Waals surface area contributed by atoms with Gasteiger partial charge in [-0.1, -0.05) is 0 Å². The van der Waals surface area contributed by atoms with Crippen LogP contribution in [-0.4, -0.2) is 37.8 Å². The number of imide groups is 1. The number of hydrogen-bond donors (Lipinski definition) is 2. The number of carbonyl (C=O) groups is 2. The molecule has 94 valence electrons. The molecule has 1 aromatic heterocycles. The number of hydrogen-bond acceptors (Lipinski definition) is 6. The predicted molar refractivity (Wildman–Crippen MR) is 58.7 cm³/mol. The van der Waals surface area contributed by atoms with Gasteiger partial charge in [0.2, 0.25) is 11.8 Å². The van der Waals surface area contributed by atoms with Crippen LogP contribution in [0.25, 0.3) is 0 Å². The summed E-state index contributed by atoms with van der Waals surface area (Å²) in [5.41, 5.74) is 1.35. The van der Waals surface area contributed by atoms with E-state index in [2.05, 4.69) is 15.3 Å². The molecule has 2 aliphatic heterocycles. The highest BCUT2D eigenvalue weighted by Gasteiger charge is 2.40. The zero-order valence-electron chi connectivity index (χ0n) is 9.54. The molecule has 7 nitrogen and oxygen atoms in total. The molecule has 0 aromatic carbocycles. The first-order valence-corrected chi connectivity index (χ1v) is 5.73. The first-order valence-electron chi connectivity index (χ1n) is 5.73. The predicted octanol–water partition coefficient (Wildman–Crippen LogP) is -0.912. The third kappa shape index (κ3) is 1.68. The van der Waals surface area contributed by atoms with E-state index in [0.29, 0.717) is 25.1 Å². The van der Waals surface area contributed by atoms with Gasteiger partial charge in [-0.05, 0) is 6.42 Å². The minimum absolute atomic E-state index is 0.262. The van der Waals surface area contributed by atoms with Gasteiger partial charge in [0, 0.05) is 24.7 Å². The van der Waals surface area contributed by atoms with Gasteiger partial charge in [0.1, 0.15) is 6.33 Å². The molecule has 1 fully saturated rings. The summed E-state index contributed by atoms with van der Waals surface area (Å²) in [5.74, 6) is -0.617. The molecule has 1 aromatic rings. The van der Waals surface area contributed by atoms with Crippen LogP contribution in [0.1, 0.15) is 30.3 Å². The van der Waals surface area contributed by atoms with Crippen LogP contribution in [0.2, 0.25) is 0 Å². The van der Waals surface area contributed by atoms with Crippen molar-refractivity contribution >= 4 is 11.8 Å². The summed E-state index contributed by atoms with van der Waals surface area (Å²) in [7, 11) is 0. The zero-order valence-corrected chi connectivity index (χ0v) is 9.54. The van der Waals surface area contributed by atoms with E-state index in [-0.39, 0.29) is 11.8 Å². The quantitative estimate of drug-likeness (QED) is 0.625. The Balaban J connectivity index is 1.84. The van der Waals surface area contributed by atoms with Crippen LogP contribution >= 0.6 is 0 Å². The Morgan fingerprint density at radius 2 is 2.28 bits per heavy atom. The van der Waals surface area contributed by atoms with Gasteiger partial charge in [0.25, 0.3) is 0 Å². The fraction of sp³-hybridized carbons (Fsp3) is 0.455. The Morgan fingerprint density at radius 1 is 1.44 bits per heavy atom. The summed E-state index contributed by atoms with van der Waals surface area (Å²) in [6.45, 7) is 0.420. The Hall–Kier alpha value is -1.86. The molecule has 2 amide bonds. The molecule has 2 aliphatic rings. The second kappa shape index (κ2) is 4.11. The maximum Gasteiger partial charge on any atom is 0.244 e. The molecule has 2 N–H and O–H groups in total. The monoisotopic (exact) mass is 248 g/mol. The van der Waals surface area contributed by atoms with Crippen molar-refractivity contribution in [3.8, 4) is 0 Å². The standard InChI is InChI=1S/C11H12N4O3/c16-8-2-1-7(10(17)14-8)15-4-6-3-12-5-13-9(6)11(15)18/h3,5,7,11,18H,1-2,4H2,(H,14,16,17). The van der Waals surface area contributed by atoms with Gasteiger partial charge in [-0.15, -0.1) is 0 Å². The number of carbonyl (C=O) groups excluding carboxylic acids is 2. The van der Waals surface area contributed by atoms with E-state index < -0.39 is 12.3 Å². The van der Waals surface area contributed by atoms with Gasteiger partial charge in [0.15, 0.2) is 6.23 Å². The van der Waals surface area contributed by atoms with Gasteiger partial charge in [-0.25, -0.2) is 9.97 Å². The molecule has 0 spiro atoms. The normalized spacial score (nSPS) is 28.1. The Morgan fingerprint density at radius 3 is 3.00 bits per heavy atom. The number of rotatable bonds is 1. The highest BCUT2D eigenvalue weighted by Crippen LogP contribution is 2.32. The minimum Gasteiger partial charge on any atom is -0.372 e. The molecule has 2 unspecified atom stereocenters. The molecule has 1 saturated heterocycles. The van der Waals surface area contributed by atoms with Crippen molar-refractivity contribution in [1.82, 2.24) is 20.2 Å². The van der Waals surface area contributed by atoms with E-state index in [4.69, 9.17) is 0 Å². The van der Waals surface area contributed by atoms with Gasteiger partial charge >= 0.3 is 0 Å². The minimum atomic E-state index is -0.910. The second-order valence-electron chi connectivity index (χ2n) is 4.45. The molecule has 3 heterocycles. The molecule has 0 saturated carbocycles. The van der Waals surface area contributed by atoms with E-state index in [9.17, 15) is 14.7 Å². The van der Waals surface area contributed by atoms with Gasteiger partial charge in [-0.2, -0.15) is 0 Å². The van der Waals surface area contributed by atoms with Gasteiger partial charge < -0.3 is 5.11 Å². The average Bonchev–Trinajstić information content (AvgIpc) is 2.68. The highest BCUT2D eigenvalue weighted by atomic mass is 16.3. The molecule has 3 rings (SSSR count). The van der Waals surface area contributed by atoms with E-state index in [1.54, 1.807) is 11.1 Å². The van der Waals surface area contributed by atoms with E-state index >= 15 is 0 Å². The average molecular weight is 248 g/mol. The third-order valence-electron chi connectivity index (χ3n) is 3.34. The Labute approximate surface area is 103 Å². The van der Waals surface area contributed by atoms with Crippen LogP contribution in [0.15, 0.2) is 12.5 Å². The molecular formula is C11H12N4O3. The first-order chi connectivity index (χ1) is 8.66. The largest absolute Gasteiger partial charge is 0.372 e. The Kier molecular flexibility index (Phi) is 2.57. The summed E-state index contributed by atoms with van der Waals surface area (Å²) in [4.78, 5) is 32.4. The Bertz CT molecular complexity index is 519. The molecule has 0 aliphatic carbocycles. The summed E-state index contributed by atoms with van der Waals surface area (Å²) < 4.78 is 0. The van der Waals surface area contributed by atoms with Crippen LogP contribution in [0.5, 0.6) is 0 Å². The topological polar surface area (TPSA) is 95.4 Å². The number of nitrogens with one attached hydrogen (secondary N) is 1. The van der Waals surface area contributed by atoms with Crippen molar-refractivity contribution in [2.45, 2.75) is 31.7 Å². The molecule has 7 heteroatoms. The SMILES string of the molecule is O=C1CCC(N2Cc3cncnc3C2O)C(=O)N1. The maximum absolute atomic E-state index is 11.8. The summed E-state index contributed by atoms with van der Waals surface area (Å²) in [6.07, 6.45) is 2.81. The van der Waals surface area contributed by atoms with Crippen LogP contribution in [0.4, 0.5) is 0 Å². The van der Waals surface area contributed by atoms with E-state index in [1.807, 2.05) is 0 Å². The van der Waals surface area contributed by atoms with Crippen molar-refractivity contribution in [2.75, 3.05) is 0 Å². The van der Waals surface area contributed by atoms with Crippen molar-refractivity contribution in [1.29, 1.82) is 0 Å². The van der Waals surface area contributed by atoms with Crippen LogP contribution in [0.3, 0.4) is 0 Å². The fourth-order valence-electron chi connectivity index (χ4n) is 2.44. The lowest BCUT2D eigenvalue weighted by Crippen LogP contribution is -2.51. The van der Waals surface area contributed by atoms with Gasteiger partial charge in [0.05, 0.1) is 11.7 Å². The van der Waals surface area contributed by atoms with Crippen LogP contribution < -0.4 is 5.32 Å². The number of aliphatic hydroxyl groups excluding tert-OH is 1. The van der Waals surface area contributed by atoms with Crippen LogP contribution in [-0.2, 0) is 16.1 Å². The zero-order chi connectivity index (χ0) is 12.7.